The average molecular weight is 443 g/mol. The molecule has 0 radical (unpaired) electrons. The fraction of sp³-hybridized carbons (Fsp3) is 0.333. The van der Waals surface area contributed by atoms with E-state index in [1.807, 2.05) is 0 Å². The molecule has 0 aliphatic carbocycles. The fourth-order valence-electron chi connectivity index (χ4n) is 3.56. The van der Waals surface area contributed by atoms with E-state index in [1.165, 1.54) is 26.1 Å². The van der Waals surface area contributed by atoms with E-state index in [0.717, 1.165) is 0 Å². The van der Waals surface area contributed by atoms with Gasteiger partial charge in [0.15, 0.2) is 0 Å². The lowest BCUT2D eigenvalue weighted by molar-refractivity contribution is -0.139. The van der Waals surface area contributed by atoms with Crippen LogP contribution in [0.3, 0.4) is 0 Å². The fourth-order valence-corrected chi connectivity index (χ4v) is 3.78. The van der Waals surface area contributed by atoms with Gasteiger partial charge in [-0.2, -0.15) is 0 Å². The van der Waals surface area contributed by atoms with Gasteiger partial charge < -0.3 is 15.1 Å². The molecule has 1 atom stereocenters. The topological polar surface area (TPSA) is 108 Å². The molecular formula is C21H23ClN6O3. The molecule has 1 N–H and O–H groups in total. The standard InChI is InChI=1S/C21H23ClN6O3/c1-5-20(30)27-6-7-28(13(3)29)18(11-27)14-8-15(26-19(22)9-14)16-10-17(21(31)23-4)25-12(2)24-16/h5,8-10,18H,1,6-7,11H2,2-4H3,(H,23,31). The van der Waals surface area contributed by atoms with Crippen molar-refractivity contribution in [3.8, 4) is 11.4 Å². The third-order valence-electron chi connectivity index (χ3n) is 5.03. The summed E-state index contributed by atoms with van der Waals surface area (Å²) >= 11 is 6.31. The molecule has 0 bridgehead atoms. The van der Waals surface area contributed by atoms with Crippen LogP contribution >= 0.6 is 11.6 Å². The maximum atomic E-state index is 12.3. The van der Waals surface area contributed by atoms with Crippen LogP contribution in [0.4, 0.5) is 0 Å². The van der Waals surface area contributed by atoms with Crippen LogP contribution in [0.25, 0.3) is 11.4 Å². The summed E-state index contributed by atoms with van der Waals surface area (Å²) in [5.74, 6) is -0.243. The van der Waals surface area contributed by atoms with Crippen molar-refractivity contribution in [2.75, 3.05) is 26.7 Å². The number of hydrogen-bond acceptors (Lipinski definition) is 6. The quantitative estimate of drug-likeness (QED) is 0.571. The molecule has 0 spiro atoms. The summed E-state index contributed by atoms with van der Waals surface area (Å²) in [6.07, 6.45) is 1.26. The summed E-state index contributed by atoms with van der Waals surface area (Å²) in [4.78, 5) is 52.7. The first kappa shape index (κ1) is 22.4. The number of piperazine rings is 1. The molecule has 2 aromatic rings. The molecule has 1 aliphatic rings. The first-order chi connectivity index (χ1) is 14.7. The largest absolute Gasteiger partial charge is 0.354 e. The smallest absolute Gasteiger partial charge is 0.269 e. The van der Waals surface area contributed by atoms with Crippen molar-refractivity contribution in [2.45, 2.75) is 19.9 Å². The van der Waals surface area contributed by atoms with Gasteiger partial charge in [-0.15, -0.1) is 0 Å². The molecule has 31 heavy (non-hydrogen) atoms. The zero-order valence-electron chi connectivity index (χ0n) is 17.6. The lowest BCUT2D eigenvalue weighted by Gasteiger charge is -2.41. The highest BCUT2D eigenvalue weighted by atomic mass is 35.5. The molecule has 3 rings (SSSR count). The van der Waals surface area contributed by atoms with Crippen molar-refractivity contribution >= 4 is 29.3 Å². The summed E-state index contributed by atoms with van der Waals surface area (Å²) in [5.41, 5.74) is 1.79. The third-order valence-corrected chi connectivity index (χ3v) is 5.23. The Hall–Kier alpha value is -3.33. The molecule has 2 aromatic heterocycles. The highest BCUT2D eigenvalue weighted by molar-refractivity contribution is 6.29. The number of nitrogens with zero attached hydrogens (tertiary/aromatic N) is 5. The van der Waals surface area contributed by atoms with Gasteiger partial charge in [0.05, 0.1) is 17.4 Å². The molecule has 3 heterocycles. The minimum absolute atomic E-state index is 0.107. The molecular weight excluding hydrogens is 420 g/mol. The lowest BCUT2D eigenvalue weighted by atomic mass is 10.0. The third kappa shape index (κ3) is 4.88. The Morgan fingerprint density at radius 1 is 1.16 bits per heavy atom. The van der Waals surface area contributed by atoms with Gasteiger partial charge in [0.1, 0.15) is 16.7 Å². The number of aryl methyl sites for hydroxylation is 1. The minimum atomic E-state index is -0.407. The molecule has 10 heteroatoms. The van der Waals surface area contributed by atoms with Crippen LogP contribution in [0.1, 0.15) is 34.8 Å². The van der Waals surface area contributed by atoms with Crippen molar-refractivity contribution in [3.05, 3.63) is 53.1 Å². The van der Waals surface area contributed by atoms with Crippen LogP contribution in [0.2, 0.25) is 5.15 Å². The zero-order valence-corrected chi connectivity index (χ0v) is 18.3. The van der Waals surface area contributed by atoms with E-state index in [4.69, 9.17) is 11.6 Å². The Balaban J connectivity index is 2.06. The van der Waals surface area contributed by atoms with Crippen molar-refractivity contribution in [1.29, 1.82) is 0 Å². The number of nitrogens with one attached hydrogen (secondary N) is 1. The lowest BCUT2D eigenvalue weighted by Crippen LogP contribution is -2.51. The number of aromatic nitrogens is 3. The molecule has 162 valence electrons. The summed E-state index contributed by atoms with van der Waals surface area (Å²) in [6.45, 7) is 7.83. The normalized spacial score (nSPS) is 16.1. The van der Waals surface area contributed by atoms with Crippen LogP contribution in [-0.4, -0.2) is 69.2 Å². The van der Waals surface area contributed by atoms with E-state index in [-0.39, 0.29) is 28.6 Å². The number of amides is 3. The van der Waals surface area contributed by atoms with Gasteiger partial charge in [-0.1, -0.05) is 18.2 Å². The van der Waals surface area contributed by atoms with E-state index in [2.05, 4.69) is 26.8 Å². The molecule has 1 fully saturated rings. The number of carbonyl (C=O) groups excluding carboxylic acids is 3. The van der Waals surface area contributed by atoms with Crippen molar-refractivity contribution in [2.24, 2.45) is 0 Å². The number of halogens is 1. The van der Waals surface area contributed by atoms with Gasteiger partial charge in [0.25, 0.3) is 5.91 Å². The van der Waals surface area contributed by atoms with Gasteiger partial charge in [-0.3, -0.25) is 14.4 Å². The second-order valence-corrected chi connectivity index (χ2v) is 7.48. The van der Waals surface area contributed by atoms with Crippen molar-refractivity contribution < 1.29 is 14.4 Å². The molecule has 9 nitrogen and oxygen atoms in total. The van der Waals surface area contributed by atoms with Crippen LogP contribution in [0, 0.1) is 6.92 Å². The zero-order chi connectivity index (χ0) is 22.7. The van der Waals surface area contributed by atoms with E-state index in [1.54, 1.807) is 28.9 Å². The molecule has 1 aliphatic heterocycles. The van der Waals surface area contributed by atoms with Crippen molar-refractivity contribution in [3.63, 3.8) is 0 Å². The number of rotatable bonds is 4. The molecule has 1 saturated heterocycles. The molecule has 0 aromatic carbocycles. The molecule has 3 amide bonds. The van der Waals surface area contributed by atoms with Gasteiger partial charge in [-0.05, 0) is 36.8 Å². The second kappa shape index (κ2) is 9.22. The predicted octanol–water partition coefficient (Wildman–Crippen LogP) is 1.78. The number of pyridine rings is 1. The Bertz CT molecular complexity index is 1060. The first-order valence-corrected chi connectivity index (χ1v) is 10.1. The van der Waals surface area contributed by atoms with Gasteiger partial charge in [0.2, 0.25) is 11.8 Å². The summed E-state index contributed by atoms with van der Waals surface area (Å²) < 4.78 is 0. The van der Waals surface area contributed by atoms with Gasteiger partial charge >= 0.3 is 0 Å². The molecule has 0 saturated carbocycles. The average Bonchev–Trinajstić information content (AvgIpc) is 2.76. The summed E-state index contributed by atoms with van der Waals surface area (Å²) in [5, 5.41) is 2.74. The minimum Gasteiger partial charge on any atom is -0.354 e. The Morgan fingerprint density at radius 3 is 2.52 bits per heavy atom. The van der Waals surface area contributed by atoms with Crippen molar-refractivity contribution in [1.82, 2.24) is 30.1 Å². The van der Waals surface area contributed by atoms with E-state index in [9.17, 15) is 14.4 Å². The molecule has 1 unspecified atom stereocenters. The summed E-state index contributed by atoms with van der Waals surface area (Å²) in [6, 6.07) is 4.56. The van der Waals surface area contributed by atoms with E-state index >= 15 is 0 Å². The summed E-state index contributed by atoms with van der Waals surface area (Å²) in [7, 11) is 1.52. The second-order valence-electron chi connectivity index (χ2n) is 7.09. The first-order valence-electron chi connectivity index (χ1n) is 9.67. The predicted molar refractivity (Wildman–Crippen MR) is 115 cm³/mol. The van der Waals surface area contributed by atoms with Crippen LogP contribution < -0.4 is 5.32 Å². The van der Waals surface area contributed by atoms with Crippen LogP contribution in [0.15, 0.2) is 30.9 Å². The number of hydrogen-bond donors (Lipinski definition) is 1. The Kier molecular flexibility index (Phi) is 6.65. The monoisotopic (exact) mass is 442 g/mol. The highest BCUT2D eigenvalue weighted by Gasteiger charge is 2.32. The van der Waals surface area contributed by atoms with E-state index in [0.29, 0.717) is 42.4 Å². The maximum Gasteiger partial charge on any atom is 0.269 e. The van der Waals surface area contributed by atoms with Crippen LogP contribution in [0.5, 0.6) is 0 Å². The Labute approximate surface area is 185 Å². The van der Waals surface area contributed by atoms with Crippen LogP contribution in [-0.2, 0) is 9.59 Å². The number of carbonyl (C=O) groups is 3. The Morgan fingerprint density at radius 2 is 1.87 bits per heavy atom. The van der Waals surface area contributed by atoms with E-state index < -0.39 is 6.04 Å². The maximum absolute atomic E-state index is 12.3. The highest BCUT2D eigenvalue weighted by Crippen LogP contribution is 2.30. The van der Waals surface area contributed by atoms with Gasteiger partial charge in [-0.25, -0.2) is 15.0 Å². The van der Waals surface area contributed by atoms with Gasteiger partial charge in [0, 0.05) is 33.6 Å². The SMILES string of the molecule is C=CC(=O)N1CCN(C(C)=O)C(c2cc(Cl)nc(-c3cc(C(=O)NC)nc(C)n3)c2)C1.